The summed E-state index contributed by atoms with van der Waals surface area (Å²) in [6.07, 6.45) is -9.65. The summed E-state index contributed by atoms with van der Waals surface area (Å²) in [5, 5.41) is -0.635. The van der Waals surface area contributed by atoms with Crippen LogP contribution < -0.4 is 0 Å². The first-order valence-corrected chi connectivity index (χ1v) is 10.3. The topological polar surface area (TPSA) is 66.9 Å². The molecule has 0 aromatic heterocycles. The van der Waals surface area contributed by atoms with Crippen LogP contribution in [-0.4, -0.2) is 69.1 Å². The predicted molar refractivity (Wildman–Crippen MR) is 93.3 cm³/mol. The number of benzene rings is 1. The molecule has 1 saturated heterocycles. The lowest BCUT2D eigenvalue weighted by Gasteiger charge is -2.34. The van der Waals surface area contributed by atoms with Gasteiger partial charge in [0.25, 0.3) is 0 Å². The van der Waals surface area contributed by atoms with E-state index in [1.807, 2.05) is 0 Å². The average Bonchev–Trinajstić information content (AvgIpc) is 2.63. The lowest BCUT2D eigenvalue weighted by atomic mass is 10.2. The second-order valence-corrected chi connectivity index (χ2v) is 8.69. The number of rotatable bonds is 6. The summed E-state index contributed by atoms with van der Waals surface area (Å²) in [5.74, 6) is -0.514. The molecule has 170 valence electrons. The van der Waals surface area contributed by atoms with Crippen molar-refractivity contribution in [2.75, 3.05) is 39.4 Å². The first-order chi connectivity index (χ1) is 13.7. The van der Waals surface area contributed by atoms with E-state index in [1.165, 1.54) is 4.90 Å². The third-order valence-electron chi connectivity index (χ3n) is 4.20. The van der Waals surface area contributed by atoms with E-state index in [9.17, 15) is 39.6 Å². The minimum Gasteiger partial charge on any atom is -0.372 e. The number of amides is 1. The monoisotopic (exact) mass is 482 g/mol. The molecule has 2 rings (SSSR count). The molecule has 1 aromatic carbocycles. The molecule has 30 heavy (non-hydrogen) atoms. The number of halogens is 7. The van der Waals surface area contributed by atoms with Crippen LogP contribution in [0.5, 0.6) is 0 Å². The largest absolute Gasteiger partial charge is 0.417 e. The molecule has 0 saturated carbocycles. The number of sulfonamides is 1. The maximum Gasteiger partial charge on any atom is 0.417 e. The summed E-state index contributed by atoms with van der Waals surface area (Å²) in [5.41, 5.74) is -1.28. The van der Waals surface area contributed by atoms with Gasteiger partial charge < -0.3 is 9.64 Å². The van der Waals surface area contributed by atoms with Crippen molar-refractivity contribution in [1.29, 1.82) is 0 Å². The second kappa shape index (κ2) is 9.28. The Morgan fingerprint density at radius 2 is 1.67 bits per heavy atom. The molecule has 0 atom stereocenters. The highest BCUT2D eigenvalue weighted by Crippen LogP contribution is 2.36. The van der Waals surface area contributed by atoms with E-state index in [4.69, 9.17) is 11.6 Å². The second-order valence-electron chi connectivity index (χ2n) is 6.34. The number of nitrogens with zero attached hydrogens (tertiary/aromatic N) is 2. The molecule has 0 N–H and O–H groups in total. The number of hydrogen-bond acceptors (Lipinski definition) is 4. The molecular weight excluding hydrogens is 466 g/mol. The Labute approximate surface area is 173 Å². The Kier molecular flexibility index (Phi) is 7.64. The van der Waals surface area contributed by atoms with Crippen LogP contribution in [0.15, 0.2) is 23.1 Å². The standard InChI is InChI=1S/C16H17ClF6N2O4S/c17-13-2-1-11(9-12(13)16(21,22)23)30(27,28)25-6-4-24(5-7-25)14(26)3-8-29-10-15(18,19)20/h1-2,9H,3-8,10H2. The SMILES string of the molecule is O=C(CCOCC(F)(F)F)N1CCN(S(=O)(=O)c2ccc(Cl)c(C(F)(F)F)c2)CC1. The van der Waals surface area contributed by atoms with Crippen LogP contribution in [0.25, 0.3) is 0 Å². The smallest absolute Gasteiger partial charge is 0.372 e. The summed E-state index contributed by atoms with van der Waals surface area (Å²) in [4.78, 5) is 12.7. The van der Waals surface area contributed by atoms with Crippen molar-refractivity contribution in [1.82, 2.24) is 9.21 Å². The van der Waals surface area contributed by atoms with Crippen LogP contribution in [0.4, 0.5) is 26.3 Å². The molecule has 14 heteroatoms. The van der Waals surface area contributed by atoms with Gasteiger partial charge in [0.15, 0.2) is 0 Å². The molecule has 1 fully saturated rings. The molecular formula is C16H17ClF6N2O4S. The Morgan fingerprint density at radius 1 is 1.07 bits per heavy atom. The van der Waals surface area contributed by atoms with Gasteiger partial charge in [-0.3, -0.25) is 4.79 Å². The molecule has 0 spiro atoms. The van der Waals surface area contributed by atoms with Crippen molar-refractivity contribution in [2.24, 2.45) is 0 Å². The van der Waals surface area contributed by atoms with Crippen molar-refractivity contribution < 1.29 is 44.3 Å². The van der Waals surface area contributed by atoms with Crippen molar-refractivity contribution in [2.45, 2.75) is 23.7 Å². The van der Waals surface area contributed by atoms with Crippen LogP contribution in [0.2, 0.25) is 5.02 Å². The van der Waals surface area contributed by atoms with Crippen LogP contribution in [0, 0.1) is 0 Å². The molecule has 0 aliphatic carbocycles. The molecule has 1 amide bonds. The van der Waals surface area contributed by atoms with Crippen molar-refractivity contribution >= 4 is 27.5 Å². The summed E-state index contributed by atoms with van der Waals surface area (Å²) >= 11 is 5.50. The normalized spacial score (nSPS) is 16.7. The number of carbonyl (C=O) groups is 1. The Bertz CT molecular complexity index is 867. The summed E-state index contributed by atoms with van der Waals surface area (Å²) in [6.45, 7) is -2.40. The van der Waals surface area contributed by atoms with E-state index in [0.29, 0.717) is 6.07 Å². The molecule has 1 aliphatic rings. The number of ether oxygens (including phenoxy) is 1. The minimum absolute atomic E-state index is 0.0585. The van der Waals surface area contributed by atoms with Gasteiger partial charge in [0.1, 0.15) is 6.61 Å². The van der Waals surface area contributed by atoms with E-state index in [-0.39, 0.29) is 32.6 Å². The molecule has 1 aliphatic heterocycles. The Balaban J connectivity index is 1.96. The number of hydrogen-bond donors (Lipinski definition) is 0. The van der Waals surface area contributed by atoms with Crippen LogP contribution in [0.3, 0.4) is 0 Å². The maximum atomic E-state index is 13.0. The van der Waals surface area contributed by atoms with Crippen molar-refractivity contribution in [3.8, 4) is 0 Å². The van der Waals surface area contributed by atoms with Gasteiger partial charge >= 0.3 is 12.4 Å². The predicted octanol–water partition coefficient (Wildman–Crippen LogP) is 3.16. The lowest BCUT2D eigenvalue weighted by Crippen LogP contribution is -2.50. The van der Waals surface area contributed by atoms with Gasteiger partial charge in [-0.15, -0.1) is 0 Å². The zero-order chi connectivity index (χ0) is 22.7. The van der Waals surface area contributed by atoms with Gasteiger partial charge in [0.2, 0.25) is 15.9 Å². The maximum absolute atomic E-state index is 13.0. The number of alkyl halides is 6. The summed E-state index contributed by atoms with van der Waals surface area (Å²) < 4.78 is 105. The van der Waals surface area contributed by atoms with E-state index in [1.54, 1.807) is 0 Å². The Hall–Kier alpha value is -1.57. The Morgan fingerprint density at radius 3 is 2.20 bits per heavy atom. The van der Waals surface area contributed by atoms with Crippen molar-refractivity contribution in [3.63, 3.8) is 0 Å². The van der Waals surface area contributed by atoms with Crippen LogP contribution in [0.1, 0.15) is 12.0 Å². The molecule has 0 unspecified atom stereocenters. The van der Waals surface area contributed by atoms with E-state index < -0.39 is 57.0 Å². The van der Waals surface area contributed by atoms with E-state index >= 15 is 0 Å². The van der Waals surface area contributed by atoms with Gasteiger partial charge in [-0.25, -0.2) is 8.42 Å². The van der Waals surface area contributed by atoms with Crippen molar-refractivity contribution in [3.05, 3.63) is 28.8 Å². The van der Waals surface area contributed by atoms with Crippen LogP contribution >= 0.6 is 11.6 Å². The summed E-state index contributed by atoms with van der Waals surface area (Å²) in [6, 6.07) is 2.26. The number of piperazine rings is 1. The van der Waals surface area contributed by atoms with Gasteiger partial charge in [-0.2, -0.15) is 30.6 Å². The van der Waals surface area contributed by atoms with Gasteiger partial charge in [0.05, 0.1) is 28.5 Å². The highest BCUT2D eigenvalue weighted by atomic mass is 35.5. The van der Waals surface area contributed by atoms with Gasteiger partial charge in [0, 0.05) is 26.2 Å². The zero-order valence-corrected chi connectivity index (χ0v) is 16.8. The highest BCUT2D eigenvalue weighted by Gasteiger charge is 2.36. The molecule has 6 nitrogen and oxygen atoms in total. The third-order valence-corrected chi connectivity index (χ3v) is 6.42. The molecule has 0 radical (unpaired) electrons. The van der Waals surface area contributed by atoms with Gasteiger partial charge in [-0.1, -0.05) is 11.6 Å². The number of carbonyl (C=O) groups excluding carboxylic acids is 1. The molecule has 1 heterocycles. The fraction of sp³-hybridized carbons (Fsp3) is 0.562. The quantitative estimate of drug-likeness (QED) is 0.461. The average molecular weight is 483 g/mol. The van der Waals surface area contributed by atoms with E-state index in [0.717, 1.165) is 16.4 Å². The zero-order valence-electron chi connectivity index (χ0n) is 15.3. The van der Waals surface area contributed by atoms with E-state index in [2.05, 4.69) is 4.74 Å². The summed E-state index contributed by atoms with van der Waals surface area (Å²) in [7, 11) is -4.26. The molecule has 1 aromatic rings. The first-order valence-electron chi connectivity index (χ1n) is 8.51. The third kappa shape index (κ3) is 6.46. The van der Waals surface area contributed by atoms with Crippen LogP contribution in [-0.2, 0) is 25.7 Å². The first kappa shape index (κ1) is 24.7. The lowest BCUT2D eigenvalue weighted by molar-refractivity contribution is -0.175. The highest BCUT2D eigenvalue weighted by molar-refractivity contribution is 7.89. The van der Waals surface area contributed by atoms with Gasteiger partial charge in [-0.05, 0) is 18.2 Å². The fourth-order valence-corrected chi connectivity index (χ4v) is 4.39. The minimum atomic E-state index is -4.83. The fourth-order valence-electron chi connectivity index (χ4n) is 2.71. The molecule has 0 bridgehead atoms.